The molecule has 1 heterocycles. The standard InChI is InChI=1S/C19H18F2N2O4S2/c1-2-16-19(25)23-15-10-12(4-6-17(15)28-16)29(26,27)8-7-18(24)22-14-9-11(20)3-5-13(14)21/h3-6,9-10,16H,2,7-8H2,1H3,(H,22,24)(H,23,25). The van der Waals surface area contributed by atoms with E-state index in [1.54, 1.807) is 6.07 Å². The molecule has 1 atom stereocenters. The molecule has 0 aliphatic carbocycles. The number of carbonyl (C=O) groups is 2. The Morgan fingerprint density at radius 3 is 2.69 bits per heavy atom. The Kier molecular flexibility index (Phi) is 6.23. The number of halogens is 2. The number of hydrogen-bond acceptors (Lipinski definition) is 5. The number of hydrogen-bond donors (Lipinski definition) is 2. The Labute approximate surface area is 171 Å². The molecule has 2 amide bonds. The van der Waals surface area contributed by atoms with Crippen LogP contribution in [0.3, 0.4) is 0 Å². The van der Waals surface area contributed by atoms with E-state index in [2.05, 4.69) is 10.6 Å². The Balaban J connectivity index is 1.68. The second-order valence-electron chi connectivity index (χ2n) is 6.40. The first-order valence-electron chi connectivity index (χ1n) is 8.79. The summed E-state index contributed by atoms with van der Waals surface area (Å²) >= 11 is 1.37. The molecule has 1 unspecified atom stereocenters. The maximum atomic E-state index is 13.6. The van der Waals surface area contributed by atoms with Gasteiger partial charge in [0.1, 0.15) is 11.6 Å². The lowest BCUT2D eigenvalue weighted by Crippen LogP contribution is -2.28. The van der Waals surface area contributed by atoms with E-state index in [0.29, 0.717) is 12.1 Å². The van der Waals surface area contributed by atoms with Crippen LogP contribution in [0.5, 0.6) is 0 Å². The molecule has 29 heavy (non-hydrogen) atoms. The van der Waals surface area contributed by atoms with Gasteiger partial charge >= 0.3 is 0 Å². The van der Waals surface area contributed by atoms with Crippen LogP contribution in [0.15, 0.2) is 46.2 Å². The van der Waals surface area contributed by atoms with Gasteiger partial charge in [-0.2, -0.15) is 0 Å². The van der Waals surface area contributed by atoms with Crippen LogP contribution in [0.1, 0.15) is 19.8 Å². The van der Waals surface area contributed by atoms with Crippen molar-refractivity contribution < 1.29 is 26.8 Å². The molecule has 0 bridgehead atoms. The van der Waals surface area contributed by atoms with E-state index in [4.69, 9.17) is 0 Å². The summed E-state index contributed by atoms with van der Waals surface area (Å²) in [6, 6.07) is 7.00. The molecule has 0 saturated heterocycles. The van der Waals surface area contributed by atoms with Crippen LogP contribution < -0.4 is 10.6 Å². The molecule has 2 aromatic carbocycles. The minimum atomic E-state index is -3.83. The minimum absolute atomic E-state index is 0.0307. The van der Waals surface area contributed by atoms with Crippen molar-refractivity contribution in [1.82, 2.24) is 0 Å². The normalized spacial score (nSPS) is 16.1. The molecule has 10 heteroatoms. The molecule has 2 aromatic rings. The SMILES string of the molecule is CCC1Sc2ccc(S(=O)(=O)CCC(=O)Nc3cc(F)ccc3F)cc2NC1=O. The summed E-state index contributed by atoms with van der Waals surface area (Å²) in [6.07, 6.45) is 0.214. The van der Waals surface area contributed by atoms with Gasteiger partial charge in [0, 0.05) is 17.4 Å². The van der Waals surface area contributed by atoms with E-state index in [1.807, 2.05) is 6.92 Å². The van der Waals surface area contributed by atoms with E-state index < -0.39 is 39.6 Å². The van der Waals surface area contributed by atoms with E-state index in [1.165, 1.54) is 23.9 Å². The monoisotopic (exact) mass is 440 g/mol. The fourth-order valence-electron chi connectivity index (χ4n) is 2.74. The minimum Gasteiger partial charge on any atom is -0.324 e. The molecule has 0 spiro atoms. The third-order valence-corrected chi connectivity index (χ3v) is 7.46. The van der Waals surface area contributed by atoms with Crippen molar-refractivity contribution >= 4 is 44.8 Å². The zero-order valence-electron chi connectivity index (χ0n) is 15.4. The smallest absolute Gasteiger partial charge is 0.237 e. The summed E-state index contributed by atoms with van der Waals surface area (Å²) in [5.74, 6) is -3.01. The first kappa shape index (κ1) is 21.3. The van der Waals surface area contributed by atoms with Gasteiger partial charge in [-0.25, -0.2) is 17.2 Å². The molecule has 0 radical (unpaired) electrons. The highest BCUT2D eigenvalue weighted by atomic mass is 32.2. The number of amides is 2. The highest BCUT2D eigenvalue weighted by Gasteiger charge is 2.27. The van der Waals surface area contributed by atoms with Crippen LogP contribution in [-0.4, -0.2) is 31.2 Å². The second kappa shape index (κ2) is 8.50. The van der Waals surface area contributed by atoms with Crippen molar-refractivity contribution in [2.24, 2.45) is 0 Å². The van der Waals surface area contributed by atoms with Gasteiger partial charge in [0.25, 0.3) is 0 Å². The largest absolute Gasteiger partial charge is 0.324 e. The summed E-state index contributed by atoms with van der Waals surface area (Å²) in [5, 5.41) is 4.64. The van der Waals surface area contributed by atoms with Crippen molar-refractivity contribution in [3.63, 3.8) is 0 Å². The molecular weight excluding hydrogens is 422 g/mol. The lowest BCUT2D eigenvalue weighted by Gasteiger charge is -2.23. The van der Waals surface area contributed by atoms with Crippen molar-refractivity contribution in [3.05, 3.63) is 48.0 Å². The number of nitrogens with one attached hydrogen (secondary N) is 2. The number of carbonyl (C=O) groups excluding carboxylic acids is 2. The van der Waals surface area contributed by atoms with Gasteiger partial charge in [0.05, 0.1) is 27.3 Å². The summed E-state index contributed by atoms with van der Waals surface area (Å²) in [6.45, 7) is 1.89. The molecule has 0 aromatic heterocycles. The Morgan fingerprint density at radius 2 is 1.97 bits per heavy atom. The van der Waals surface area contributed by atoms with Crippen LogP contribution in [0.4, 0.5) is 20.2 Å². The molecule has 154 valence electrons. The summed E-state index contributed by atoms with van der Waals surface area (Å²) in [7, 11) is -3.83. The number of rotatable bonds is 6. The van der Waals surface area contributed by atoms with Crippen LogP contribution in [0.2, 0.25) is 0 Å². The van der Waals surface area contributed by atoms with E-state index in [-0.39, 0.29) is 21.7 Å². The van der Waals surface area contributed by atoms with Crippen molar-refractivity contribution in [3.8, 4) is 0 Å². The van der Waals surface area contributed by atoms with Gasteiger partial charge in [-0.3, -0.25) is 9.59 Å². The number of thioether (sulfide) groups is 1. The van der Waals surface area contributed by atoms with Crippen molar-refractivity contribution in [1.29, 1.82) is 0 Å². The van der Waals surface area contributed by atoms with Gasteiger partial charge in [-0.05, 0) is 36.8 Å². The average Bonchev–Trinajstić information content (AvgIpc) is 2.68. The molecule has 3 rings (SSSR count). The predicted octanol–water partition coefficient (Wildman–Crippen LogP) is 3.59. The summed E-state index contributed by atoms with van der Waals surface area (Å²) < 4.78 is 51.9. The van der Waals surface area contributed by atoms with Gasteiger partial charge in [0.15, 0.2) is 9.84 Å². The van der Waals surface area contributed by atoms with Gasteiger partial charge in [0.2, 0.25) is 11.8 Å². The quantitative estimate of drug-likeness (QED) is 0.716. The third kappa shape index (κ3) is 4.94. The maximum Gasteiger partial charge on any atom is 0.237 e. The topological polar surface area (TPSA) is 92.3 Å². The van der Waals surface area contributed by atoms with Crippen LogP contribution in [-0.2, 0) is 19.4 Å². The molecule has 0 fully saturated rings. The van der Waals surface area contributed by atoms with Crippen molar-refractivity contribution in [2.75, 3.05) is 16.4 Å². The van der Waals surface area contributed by atoms with E-state index in [9.17, 15) is 26.8 Å². The fraction of sp³-hybridized carbons (Fsp3) is 0.263. The maximum absolute atomic E-state index is 13.6. The highest BCUT2D eigenvalue weighted by molar-refractivity contribution is 8.01. The first-order chi connectivity index (χ1) is 13.7. The third-order valence-electron chi connectivity index (χ3n) is 4.30. The van der Waals surface area contributed by atoms with Gasteiger partial charge < -0.3 is 10.6 Å². The fourth-order valence-corrected chi connectivity index (χ4v) is 5.03. The summed E-state index contributed by atoms with van der Waals surface area (Å²) in [5.41, 5.74) is 0.0588. The molecule has 1 aliphatic rings. The zero-order chi connectivity index (χ0) is 21.2. The second-order valence-corrected chi connectivity index (χ2v) is 9.76. The first-order valence-corrected chi connectivity index (χ1v) is 11.3. The lowest BCUT2D eigenvalue weighted by atomic mass is 10.2. The van der Waals surface area contributed by atoms with Gasteiger partial charge in [-0.15, -0.1) is 11.8 Å². The summed E-state index contributed by atoms with van der Waals surface area (Å²) in [4.78, 5) is 24.7. The van der Waals surface area contributed by atoms with Crippen LogP contribution >= 0.6 is 11.8 Å². The van der Waals surface area contributed by atoms with Gasteiger partial charge in [-0.1, -0.05) is 6.92 Å². The Morgan fingerprint density at radius 1 is 1.21 bits per heavy atom. The lowest BCUT2D eigenvalue weighted by molar-refractivity contribution is -0.116. The van der Waals surface area contributed by atoms with E-state index in [0.717, 1.165) is 23.1 Å². The predicted molar refractivity (Wildman–Crippen MR) is 107 cm³/mol. The van der Waals surface area contributed by atoms with Crippen LogP contribution in [0, 0.1) is 11.6 Å². The molecule has 1 aliphatic heterocycles. The molecule has 0 saturated carbocycles. The molecular formula is C19H18F2N2O4S2. The number of benzene rings is 2. The zero-order valence-corrected chi connectivity index (χ0v) is 17.0. The van der Waals surface area contributed by atoms with Crippen molar-refractivity contribution in [2.45, 2.75) is 34.8 Å². The van der Waals surface area contributed by atoms with E-state index >= 15 is 0 Å². The highest BCUT2D eigenvalue weighted by Crippen LogP contribution is 2.38. The molecule has 6 nitrogen and oxygen atoms in total. The molecule has 2 N–H and O–H groups in total. The number of anilines is 2. The average molecular weight is 440 g/mol. The Bertz CT molecular complexity index is 1070. The number of sulfone groups is 1. The Hall–Kier alpha value is -2.46. The number of fused-ring (bicyclic) bond motifs is 1. The van der Waals surface area contributed by atoms with Crippen LogP contribution in [0.25, 0.3) is 0 Å².